The fourth-order valence-electron chi connectivity index (χ4n) is 3.76. The Morgan fingerprint density at radius 2 is 2.08 bits per heavy atom. The molecule has 0 amide bonds. The van der Waals surface area contributed by atoms with Crippen LogP contribution in [0.1, 0.15) is 28.4 Å². The lowest BCUT2D eigenvalue weighted by Crippen LogP contribution is -2.28. The van der Waals surface area contributed by atoms with E-state index in [1.54, 1.807) is 12.4 Å². The van der Waals surface area contributed by atoms with Gasteiger partial charge in [-0.2, -0.15) is 0 Å². The highest BCUT2D eigenvalue weighted by atomic mass is 16.3. The van der Waals surface area contributed by atoms with E-state index in [4.69, 9.17) is 4.98 Å². The van der Waals surface area contributed by atoms with E-state index in [1.807, 2.05) is 18.3 Å². The van der Waals surface area contributed by atoms with Gasteiger partial charge in [-0.15, -0.1) is 0 Å². The predicted molar refractivity (Wildman–Crippen MR) is 94.0 cm³/mol. The highest BCUT2D eigenvalue weighted by Gasteiger charge is 2.27. The second-order valence-electron chi connectivity index (χ2n) is 6.65. The van der Waals surface area contributed by atoms with Crippen LogP contribution >= 0.6 is 0 Å². The summed E-state index contributed by atoms with van der Waals surface area (Å²) in [6.07, 6.45) is 6.45. The molecule has 24 heavy (non-hydrogen) atoms. The highest BCUT2D eigenvalue weighted by Crippen LogP contribution is 2.34. The Hall–Kier alpha value is -2.24. The second-order valence-corrected chi connectivity index (χ2v) is 6.65. The summed E-state index contributed by atoms with van der Waals surface area (Å²) in [6, 6.07) is 6.04. The molecule has 3 aromatic heterocycles. The first-order valence-electron chi connectivity index (χ1n) is 8.36. The number of aliphatic hydroxyl groups is 1. The first-order chi connectivity index (χ1) is 11.7. The molecule has 5 nitrogen and oxygen atoms in total. The molecular formula is C19H22N4O. The zero-order valence-corrected chi connectivity index (χ0v) is 14.1. The molecule has 0 saturated heterocycles. The lowest BCUT2D eigenvalue weighted by Gasteiger charge is -2.27. The zero-order chi connectivity index (χ0) is 16.7. The molecule has 0 spiro atoms. The van der Waals surface area contributed by atoms with Gasteiger partial charge in [0.15, 0.2) is 0 Å². The van der Waals surface area contributed by atoms with Crippen molar-refractivity contribution >= 4 is 11.0 Å². The van der Waals surface area contributed by atoms with Gasteiger partial charge in [0.25, 0.3) is 0 Å². The van der Waals surface area contributed by atoms with Crippen molar-refractivity contribution in [2.24, 2.45) is 0 Å². The Balaban J connectivity index is 1.98. The monoisotopic (exact) mass is 322 g/mol. The van der Waals surface area contributed by atoms with Gasteiger partial charge in [-0.05, 0) is 48.9 Å². The Morgan fingerprint density at radius 3 is 2.83 bits per heavy atom. The summed E-state index contributed by atoms with van der Waals surface area (Å²) in [5.74, 6) is 0. The molecule has 124 valence electrons. The van der Waals surface area contributed by atoms with Crippen LogP contribution in [0.15, 0.2) is 36.8 Å². The molecule has 5 heteroatoms. The first kappa shape index (κ1) is 15.3. The molecule has 0 aliphatic carbocycles. The van der Waals surface area contributed by atoms with Gasteiger partial charge in [-0.3, -0.25) is 4.98 Å². The Morgan fingerprint density at radius 1 is 1.29 bits per heavy atom. The number of fused-ring (bicyclic) bond motifs is 3. The minimum Gasteiger partial charge on any atom is -0.394 e. The molecule has 1 N–H and O–H groups in total. The zero-order valence-electron chi connectivity index (χ0n) is 14.1. The molecule has 1 atom stereocenters. The normalized spacial score (nSPS) is 16.3. The maximum atomic E-state index is 10.1. The molecular weight excluding hydrogens is 300 g/mol. The number of rotatable bonds is 3. The van der Waals surface area contributed by atoms with Gasteiger partial charge < -0.3 is 14.6 Å². The molecule has 1 unspecified atom stereocenters. The maximum absolute atomic E-state index is 10.1. The van der Waals surface area contributed by atoms with E-state index < -0.39 is 0 Å². The highest BCUT2D eigenvalue weighted by molar-refractivity contribution is 5.83. The van der Waals surface area contributed by atoms with Crippen LogP contribution in [0.25, 0.3) is 11.0 Å². The summed E-state index contributed by atoms with van der Waals surface area (Å²) in [7, 11) is 2.15. The lowest BCUT2D eigenvalue weighted by molar-refractivity contribution is 0.245. The summed E-state index contributed by atoms with van der Waals surface area (Å²) in [5, 5.41) is 11.4. The van der Waals surface area contributed by atoms with E-state index in [0.717, 1.165) is 30.7 Å². The summed E-state index contributed by atoms with van der Waals surface area (Å²) < 4.78 is 2.24. The summed E-state index contributed by atoms with van der Waals surface area (Å²) >= 11 is 0. The van der Waals surface area contributed by atoms with Crippen molar-refractivity contribution < 1.29 is 5.11 Å². The molecule has 4 rings (SSSR count). The van der Waals surface area contributed by atoms with Gasteiger partial charge >= 0.3 is 0 Å². The fourth-order valence-corrected chi connectivity index (χ4v) is 3.76. The number of aryl methyl sites for hydroxylation is 1. The van der Waals surface area contributed by atoms with Gasteiger partial charge in [0.1, 0.15) is 5.65 Å². The summed E-state index contributed by atoms with van der Waals surface area (Å²) in [4.78, 5) is 11.2. The Bertz CT molecular complexity index is 872. The van der Waals surface area contributed by atoms with E-state index in [-0.39, 0.29) is 12.6 Å². The van der Waals surface area contributed by atoms with Crippen LogP contribution in [0.2, 0.25) is 0 Å². The van der Waals surface area contributed by atoms with Crippen LogP contribution < -0.4 is 0 Å². The van der Waals surface area contributed by atoms with Crippen molar-refractivity contribution in [3.05, 3.63) is 59.2 Å². The molecule has 3 aromatic rings. The number of aliphatic hydroxyl groups excluding tert-OH is 1. The van der Waals surface area contributed by atoms with Gasteiger partial charge in [0.05, 0.1) is 12.6 Å². The number of hydrogen-bond donors (Lipinski definition) is 1. The number of hydrogen-bond acceptors (Lipinski definition) is 4. The quantitative estimate of drug-likeness (QED) is 0.804. The average molecular weight is 322 g/mol. The summed E-state index contributed by atoms with van der Waals surface area (Å²) in [6.45, 7) is 4.08. The smallest absolute Gasteiger partial charge is 0.141 e. The van der Waals surface area contributed by atoms with E-state index >= 15 is 0 Å². The predicted octanol–water partition coefficient (Wildman–Crippen LogP) is 2.31. The number of pyridine rings is 2. The second kappa shape index (κ2) is 6.00. The number of likely N-dealkylation sites (N-methyl/N-ethyl adjacent to an activating group) is 1. The molecule has 0 aromatic carbocycles. The van der Waals surface area contributed by atoms with Crippen molar-refractivity contribution in [2.75, 3.05) is 20.2 Å². The van der Waals surface area contributed by atoms with E-state index in [2.05, 4.69) is 34.5 Å². The molecule has 0 saturated carbocycles. The van der Waals surface area contributed by atoms with Gasteiger partial charge in [-0.1, -0.05) is 0 Å². The van der Waals surface area contributed by atoms with Crippen molar-refractivity contribution in [2.45, 2.75) is 25.9 Å². The maximum Gasteiger partial charge on any atom is 0.141 e. The largest absolute Gasteiger partial charge is 0.394 e. The van der Waals surface area contributed by atoms with Crippen LogP contribution in [0.4, 0.5) is 0 Å². The lowest BCUT2D eigenvalue weighted by atomic mass is 10.0. The first-order valence-corrected chi connectivity index (χ1v) is 8.36. The molecule has 4 heterocycles. The summed E-state index contributed by atoms with van der Waals surface area (Å²) in [5.41, 5.74) is 5.85. The van der Waals surface area contributed by atoms with Crippen LogP contribution in [0.3, 0.4) is 0 Å². The Kier molecular flexibility index (Phi) is 3.82. The van der Waals surface area contributed by atoms with Crippen molar-refractivity contribution in [1.82, 2.24) is 19.4 Å². The van der Waals surface area contributed by atoms with Crippen molar-refractivity contribution in [1.29, 1.82) is 0 Å². The number of nitrogens with zero attached hydrogens (tertiary/aromatic N) is 4. The van der Waals surface area contributed by atoms with E-state index in [0.29, 0.717) is 0 Å². The SMILES string of the molecule is Cc1cnc2c(c1)c1c(n2C(CO)c2ccncc2)CCN(C)C1. The van der Waals surface area contributed by atoms with Crippen LogP contribution in [0.5, 0.6) is 0 Å². The van der Waals surface area contributed by atoms with Crippen molar-refractivity contribution in [3.63, 3.8) is 0 Å². The molecule has 1 aliphatic heterocycles. The topological polar surface area (TPSA) is 54.2 Å². The third-order valence-corrected chi connectivity index (χ3v) is 4.93. The Labute approximate surface area is 141 Å². The van der Waals surface area contributed by atoms with Gasteiger partial charge in [0.2, 0.25) is 0 Å². The van der Waals surface area contributed by atoms with Crippen molar-refractivity contribution in [3.8, 4) is 0 Å². The molecule has 0 bridgehead atoms. The fraction of sp³-hybridized carbons (Fsp3) is 0.368. The van der Waals surface area contributed by atoms with Gasteiger partial charge in [0, 0.05) is 49.2 Å². The van der Waals surface area contributed by atoms with Gasteiger partial charge in [-0.25, -0.2) is 4.98 Å². The average Bonchev–Trinajstić information content (AvgIpc) is 2.90. The minimum atomic E-state index is -0.127. The third-order valence-electron chi connectivity index (χ3n) is 4.93. The molecule has 0 radical (unpaired) electrons. The van der Waals surface area contributed by atoms with Crippen LogP contribution in [-0.4, -0.2) is 44.7 Å². The van der Waals surface area contributed by atoms with E-state index in [1.165, 1.54) is 22.2 Å². The van der Waals surface area contributed by atoms with Crippen LogP contribution in [0, 0.1) is 6.92 Å². The molecule has 0 fully saturated rings. The molecule has 1 aliphatic rings. The van der Waals surface area contributed by atoms with E-state index in [9.17, 15) is 5.11 Å². The number of aromatic nitrogens is 3. The third kappa shape index (κ3) is 2.41. The van der Waals surface area contributed by atoms with Crippen LogP contribution in [-0.2, 0) is 13.0 Å². The minimum absolute atomic E-state index is 0.0473. The standard InChI is InChI=1S/C19H22N4O/c1-13-9-15-16-11-22(2)8-5-17(16)23(19(15)21-10-13)18(12-24)14-3-6-20-7-4-14/h3-4,6-7,9-10,18,24H,5,8,11-12H2,1-2H3.